The molecular weight excluding hydrogens is 380 g/mol. The molecule has 0 saturated carbocycles. The second-order valence-corrected chi connectivity index (χ2v) is 8.38. The summed E-state index contributed by atoms with van der Waals surface area (Å²) in [6.07, 6.45) is 6.03. The van der Waals surface area contributed by atoms with E-state index < -0.39 is 0 Å². The zero-order valence-electron chi connectivity index (χ0n) is 17.4. The van der Waals surface area contributed by atoms with Crippen LogP contribution in [0.4, 0.5) is 0 Å². The summed E-state index contributed by atoms with van der Waals surface area (Å²) in [4.78, 5) is 41.2. The highest BCUT2D eigenvalue weighted by atomic mass is 16.2. The number of carbonyl (C=O) groups is 1. The number of hydrogen-bond acceptors (Lipinski definition) is 5. The van der Waals surface area contributed by atoms with Crippen LogP contribution in [0.3, 0.4) is 0 Å². The Morgan fingerprint density at radius 2 is 1.83 bits per heavy atom. The SMILES string of the molecule is Cc1ncnc(C)c1C(=O)N1C[C@@H]2C[C@H](C1)c1ccc(-c3nccn3C)c(=O)n1C2. The third-order valence-corrected chi connectivity index (χ3v) is 6.39. The largest absolute Gasteiger partial charge is 0.338 e. The van der Waals surface area contributed by atoms with Gasteiger partial charge in [0.15, 0.2) is 0 Å². The maximum absolute atomic E-state index is 13.3. The van der Waals surface area contributed by atoms with E-state index in [4.69, 9.17) is 0 Å². The Kier molecular flexibility index (Phi) is 4.30. The number of imidazole rings is 1. The lowest BCUT2D eigenvalue weighted by Gasteiger charge is -2.43. The highest BCUT2D eigenvalue weighted by Crippen LogP contribution is 2.36. The summed E-state index contributed by atoms with van der Waals surface area (Å²) in [5.74, 6) is 1.06. The Morgan fingerprint density at radius 3 is 2.53 bits per heavy atom. The molecule has 5 heterocycles. The number of amides is 1. The number of pyridine rings is 1. The van der Waals surface area contributed by atoms with E-state index in [1.54, 1.807) is 6.20 Å². The smallest absolute Gasteiger partial charge is 0.261 e. The Bertz CT molecular complexity index is 1190. The predicted molar refractivity (Wildman–Crippen MR) is 111 cm³/mol. The topological polar surface area (TPSA) is 85.9 Å². The third kappa shape index (κ3) is 2.86. The van der Waals surface area contributed by atoms with Crippen LogP contribution in [0, 0.1) is 19.8 Å². The number of nitrogens with zero attached hydrogens (tertiary/aromatic N) is 6. The fraction of sp³-hybridized carbons (Fsp3) is 0.409. The quantitative estimate of drug-likeness (QED) is 0.651. The van der Waals surface area contributed by atoms with Gasteiger partial charge in [-0.25, -0.2) is 15.0 Å². The maximum Gasteiger partial charge on any atom is 0.261 e. The van der Waals surface area contributed by atoms with Crippen molar-refractivity contribution in [3.05, 3.63) is 63.9 Å². The van der Waals surface area contributed by atoms with Gasteiger partial charge in [0.05, 0.1) is 22.5 Å². The minimum absolute atomic E-state index is 0.000533. The summed E-state index contributed by atoms with van der Waals surface area (Å²) in [5.41, 5.74) is 3.63. The predicted octanol–water partition coefficient (Wildman–Crippen LogP) is 1.92. The van der Waals surface area contributed by atoms with Crippen molar-refractivity contribution in [1.82, 2.24) is 29.0 Å². The van der Waals surface area contributed by atoms with Crippen molar-refractivity contribution >= 4 is 5.91 Å². The molecule has 3 aromatic rings. The molecule has 2 aliphatic rings. The Balaban J connectivity index is 1.49. The summed E-state index contributed by atoms with van der Waals surface area (Å²) in [6, 6.07) is 3.90. The first-order valence-electron chi connectivity index (χ1n) is 10.2. The molecule has 2 atom stereocenters. The lowest BCUT2D eigenvalue weighted by molar-refractivity contribution is 0.0592. The molecule has 0 aromatic carbocycles. The standard InChI is InChI=1S/C22H24N6O2/c1-13-19(14(2)25-12-24-13)22(30)27-9-15-8-16(11-27)18-5-4-17(21(29)28(18)10-15)20-23-6-7-26(20)3/h4-7,12,15-16H,8-11H2,1-3H3/t15-,16+/m0/s1. The normalized spacial score (nSPS) is 20.2. The number of hydrogen-bond donors (Lipinski definition) is 0. The van der Waals surface area contributed by atoms with E-state index in [1.807, 2.05) is 53.3 Å². The number of rotatable bonds is 2. The molecule has 5 rings (SSSR count). The average Bonchev–Trinajstić information content (AvgIpc) is 3.14. The van der Waals surface area contributed by atoms with Gasteiger partial charge in [-0.05, 0) is 38.3 Å². The highest BCUT2D eigenvalue weighted by molar-refractivity contribution is 5.96. The van der Waals surface area contributed by atoms with E-state index in [1.165, 1.54) is 6.33 Å². The molecular formula is C22H24N6O2. The summed E-state index contributed by atoms with van der Waals surface area (Å²) >= 11 is 0. The molecule has 30 heavy (non-hydrogen) atoms. The zero-order chi connectivity index (χ0) is 21.0. The van der Waals surface area contributed by atoms with Crippen LogP contribution in [0.1, 0.15) is 39.8 Å². The van der Waals surface area contributed by atoms with Gasteiger partial charge in [-0.1, -0.05) is 0 Å². The minimum Gasteiger partial charge on any atom is -0.338 e. The lowest BCUT2D eigenvalue weighted by atomic mass is 9.82. The second-order valence-electron chi connectivity index (χ2n) is 8.38. The van der Waals surface area contributed by atoms with Gasteiger partial charge in [0.25, 0.3) is 11.5 Å². The molecule has 2 bridgehead atoms. The van der Waals surface area contributed by atoms with Crippen molar-refractivity contribution in [2.45, 2.75) is 32.7 Å². The number of aryl methyl sites for hydroxylation is 3. The fourth-order valence-corrected chi connectivity index (χ4v) is 4.97. The van der Waals surface area contributed by atoms with Crippen LogP contribution in [-0.4, -0.2) is 48.0 Å². The van der Waals surface area contributed by atoms with Gasteiger partial charge >= 0.3 is 0 Å². The van der Waals surface area contributed by atoms with Crippen LogP contribution in [0.25, 0.3) is 11.4 Å². The molecule has 0 aliphatic carbocycles. The summed E-state index contributed by atoms with van der Waals surface area (Å²) in [6.45, 7) is 5.56. The Morgan fingerprint density at radius 1 is 1.07 bits per heavy atom. The molecule has 0 N–H and O–H groups in total. The van der Waals surface area contributed by atoms with Gasteiger partial charge in [-0.15, -0.1) is 0 Å². The van der Waals surface area contributed by atoms with Gasteiger partial charge in [-0.3, -0.25) is 9.59 Å². The fourth-order valence-electron chi connectivity index (χ4n) is 4.97. The number of carbonyl (C=O) groups excluding carboxylic acids is 1. The lowest BCUT2D eigenvalue weighted by Crippen LogP contribution is -2.49. The average molecular weight is 404 g/mol. The molecule has 8 nitrogen and oxygen atoms in total. The summed E-state index contributed by atoms with van der Waals surface area (Å²) in [7, 11) is 1.89. The summed E-state index contributed by atoms with van der Waals surface area (Å²) in [5, 5.41) is 0. The highest BCUT2D eigenvalue weighted by Gasteiger charge is 2.37. The molecule has 1 fully saturated rings. The van der Waals surface area contributed by atoms with Crippen LogP contribution in [-0.2, 0) is 13.6 Å². The van der Waals surface area contributed by atoms with E-state index in [-0.39, 0.29) is 23.3 Å². The van der Waals surface area contributed by atoms with E-state index >= 15 is 0 Å². The number of fused-ring (bicyclic) bond motifs is 4. The first kappa shape index (κ1) is 18.7. The molecule has 8 heteroatoms. The van der Waals surface area contributed by atoms with Gasteiger partial charge in [0.2, 0.25) is 0 Å². The molecule has 2 aliphatic heterocycles. The minimum atomic E-state index is -0.0132. The van der Waals surface area contributed by atoms with Crippen molar-refractivity contribution in [2.75, 3.05) is 13.1 Å². The van der Waals surface area contributed by atoms with Crippen LogP contribution in [0.2, 0.25) is 0 Å². The van der Waals surface area contributed by atoms with Crippen LogP contribution >= 0.6 is 0 Å². The molecule has 154 valence electrons. The van der Waals surface area contributed by atoms with Gasteiger partial charge in [-0.2, -0.15) is 0 Å². The van der Waals surface area contributed by atoms with Crippen LogP contribution < -0.4 is 5.56 Å². The Hall–Kier alpha value is -3.29. The number of aromatic nitrogens is 5. The van der Waals surface area contributed by atoms with Crippen molar-refractivity contribution < 1.29 is 4.79 Å². The summed E-state index contributed by atoms with van der Waals surface area (Å²) < 4.78 is 3.76. The third-order valence-electron chi connectivity index (χ3n) is 6.39. The van der Waals surface area contributed by atoms with Crippen molar-refractivity contribution in [2.24, 2.45) is 13.0 Å². The second kappa shape index (κ2) is 6.90. The van der Waals surface area contributed by atoms with Crippen molar-refractivity contribution in [3.63, 3.8) is 0 Å². The number of piperidine rings is 1. The van der Waals surface area contributed by atoms with E-state index in [0.29, 0.717) is 48.0 Å². The molecule has 0 unspecified atom stereocenters. The van der Waals surface area contributed by atoms with Gasteiger partial charge in [0.1, 0.15) is 12.2 Å². The zero-order valence-corrected chi connectivity index (χ0v) is 17.4. The Labute approximate surface area is 174 Å². The van der Waals surface area contributed by atoms with E-state index in [2.05, 4.69) is 15.0 Å². The first-order valence-corrected chi connectivity index (χ1v) is 10.2. The van der Waals surface area contributed by atoms with Crippen molar-refractivity contribution in [3.8, 4) is 11.4 Å². The van der Waals surface area contributed by atoms with E-state index in [0.717, 1.165) is 12.1 Å². The maximum atomic E-state index is 13.3. The number of likely N-dealkylation sites (tertiary alicyclic amines) is 1. The molecule has 0 spiro atoms. The van der Waals surface area contributed by atoms with Gasteiger partial charge in [0, 0.05) is 50.7 Å². The molecule has 3 aromatic heterocycles. The van der Waals surface area contributed by atoms with Crippen molar-refractivity contribution in [1.29, 1.82) is 0 Å². The first-order chi connectivity index (χ1) is 14.4. The molecule has 1 amide bonds. The van der Waals surface area contributed by atoms with Crippen LogP contribution in [0.5, 0.6) is 0 Å². The molecule has 0 radical (unpaired) electrons. The van der Waals surface area contributed by atoms with Crippen LogP contribution in [0.15, 0.2) is 35.6 Å². The van der Waals surface area contributed by atoms with Gasteiger partial charge < -0.3 is 14.0 Å². The van der Waals surface area contributed by atoms with E-state index in [9.17, 15) is 9.59 Å². The molecule has 1 saturated heterocycles. The monoisotopic (exact) mass is 404 g/mol.